The molecule has 0 aromatic carbocycles. The third kappa shape index (κ3) is 9.45. The maximum Gasteiger partial charge on any atom is 0.191 e. The number of unbranched alkanes of at least 4 members (excludes halogenated alkanes) is 2. The Morgan fingerprint density at radius 1 is 0.920 bits per heavy atom. The van der Waals surface area contributed by atoms with Crippen molar-refractivity contribution in [3.8, 4) is 0 Å². The van der Waals surface area contributed by atoms with Gasteiger partial charge in [0.05, 0.1) is 6.10 Å². The van der Waals surface area contributed by atoms with E-state index in [4.69, 9.17) is 4.74 Å². The summed E-state index contributed by atoms with van der Waals surface area (Å²) in [6.07, 6.45) is 14.9. The number of hydrogen-bond acceptors (Lipinski definition) is 3. The van der Waals surface area contributed by atoms with Crippen molar-refractivity contribution in [1.82, 2.24) is 15.5 Å². The van der Waals surface area contributed by atoms with Crippen molar-refractivity contribution in [3.05, 3.63) is 0 Å². The standard InChI is InChI=1S/C20H40N4O/c1-21-20(23-14-17-24-15-8-4-9-16-24)22-13-7-3-10-18-25-19-11-5-2-6-12-19/h19H,2-18H2,1H3,(H2,21,22,23). The molecular weight excluding hydrogens is 312 g/mol. The van der Waals surface area contributed by atoms with Crippen molar-refractivity contribution < 1.29 is 4.74 Å². The number of piperidine rings is 1. The first-order valence-corrected chi connectivity index (χ1v) is 10.7. The van der Waals surface area contributed by atoms with Crippen LogP contribution in [0.2, 0.25) is 0 Å². The number of rotatable bonds is 10. The van der Waals surface area contributed by atoms with Crippen molar-refractivity contribution in [2.24, 2.45) is 4.99 Å². The van der Waals surface area contributed by atoms with Gasteiger partial charge in [0.25, 0.3) is 0 Å². The van der Waals surface area contributed by atoms with Crippen LogP contribution in [0.15, 0.2) is 4.99 Å². The van der Waals surface area contributed by atoms with Gasteiger partial charge in [-0.15, -0.1) is 0 Å². The molecule has 1 saturated heterocycles. The normalized spacial score (nSPS) is 20.6. The van der Waals surface area contributed by atoms with Gasteiger partial charge in [-0.2, -0.15) is 0 Å². The molecule has 2 aliphatic rings. The average Bonchev–Trinajstić information content (AvgIpc) is 2.67. The van der Waals surface area contributed by atoms with E-state index in [-0.39, 0.29) is 0 Å². The number of hydrogen-bond donors (Lipinski definition) is 2. The first kappa shape index (κ1) is 20.5. The molecule has 5 nitrogen and oxygen atoms in total. The first-order chi connectivity index (χ1) is 12.4. The van der Waals surface area contributed by atoms with Crippen molar-refractivity contribution in [3.63, 3.8) is 0 Å². The van der Waals surface area contributed by atoms with E-state index in [2.05, 4.69) is 20.5 Å². The van der Waals surface area contributed by atoms with Gasteiger partial charge in [-0.3, -0.25) is 4.99 Å². The summed E-state index contributed by atoms with van der Waals surface area (Å²) in [5.74, 6) is 0.940. The van der Waals surface area contributed by atoms with Crippen molar-refractivity contribution in [2.45, 2.75) is 76.7 Å². The molecule has 0 radical (unpaired) electrons. The summed E-state index contributed by atoms with van der Waals surface area (Å²) in [5, 5.41) is 6.86. The van der Waals surface area contributed by atoms with Crippen molar-refractivity contribution in [2.75, 3.05) is 46.4 Å². The minimum Gasteiger partial charge on any atom is -0.378 e. The molecule has 0 aromatic heterocycles. The van der Waals surface area contributed by atoms with Crippen molar-refractivity contribution in [1.29, 1.82) is 0 Å². The maximum atomic E-state index is 5.98. The largest absolute Gasteiger partial charge is 0.378 e. The number of nitrogens with one attached hydrogen (secondary N) is 2. The second kappa shape index (κ2) is 13.4. The number of likely N-dealkylation sites (tertiary alicyclic amines) is 1. The molecule has 0 amide bonds. The lowest BCUT2D eigenvalue weighted by Crippen LogP contribution is -2.42. The van der Waals surface area contributed by atoms with Crippen LogP contribution in [0.1, 0.15) is 70.6 Å². The van der Waals surface area contributed by atoms with Crippen molar-refractivity contribution >= 4 is 5.96 Å². The summed E-state index contributed by atoms with van der Waals surface area (Å²) < 4.78 is 5.98. The van der Waals surface area contributed by atoms with E-state index in [9.17, 15) is 0 Å². The molecule has 5 heteroatoms. The van der Waals surface area contributed by atoms with Gasteiger partial charge in [-0.05, 0) is 58.0 Å². The fraction of sp³-hybridized carbons (Fsp3) is 0.950. The predicted octanol–water partition coefficient (Wildman–Crippen LogP) is 3.16. The number of aliphatic imine (C=N–C) groups is 1. The van der Waals surface area contributed by atoms with Gasteiger partial charge in [-0.1, -0.05) is 25.7 Å². The Hall–Kier alpha value is -0.810. The lowest BCUT2D eigenvalue weighted by molar-refractivity contribution is 0.0264. The molecule has 0 spiro atoms. The molecule has 2 fully saturated rings. The summed E-state index contributed by atoms with van der Waals surface area (Å²) in [5.41, 5.74) is 0. The van der Waals surface area contributed by atoms with Gasteiger partial charge in [0, 0.05) is 33.3 Å². The molecule has 0 unspecified atom stereocenters. The van der Waals surface area contributed by atoms with E-state index in [1.807, 2.05) is 7.05 Å². The number of nitrogens with zero attached hydrogens (tertiary/aromatic N) is 2. The minimum atomic E-state index is 0.551. The summed E-state index contributed by atoms with van der Waals surface area (Å²) >= 11 is 0. The van der Waals surface area contributed by atoms with E-state index >= 15 is 0 Å². The highest BCUT2D eigenvalue weighted by atomic mass is 16.5. The zero-order valence-corrected chi connectivity index (χ0v) is 16.4. The zero-order valence-electron chi connectivity index (χ0n) is 16.4. The van der Waals surface area contributed by atoms with Gasteiger partial charge in [0.1, 0.15) is 0 Å². The maximum absolute atomic E-state index is 5.98. The lowest BCUT2D eigenvalue weighted by Gasteiger charge is -2.26. The van der Waals surface area contributed by atoms with Crippen LogP contribution in [-0.4, -0.2) is 63.3 Å². The first-order valence-electron chi connectivity index (χ1n) is 10.7. The molecule has 0 atom stereocenters. The number of ether oxygens (including phenoxy) is 1. The van der Waals surface area contributed by atoms with E-state index < -0.39 is 0 Å². The molecular formula is C20H40N4O. The fourth-order valence-corrected chi connectivity index (χ4v) is 3.83. The summed E-state index contributed by atoms with van der Waals surface area (Å²) in [7, 11) is 1.86. The van der Waals surface area contributed by atoms with Gasteiger partial charge in [0.15, 0.2) is 5.96 Å². The number of guanidine groups is 1. The van der Waals surface area contributed by atoms with Crippen LogP contribution >= 0.6 is 0 Å². The van der Waals surface area contributed by atoms with E-state index in [0.29, 0.717) is 6.10 Å². The highest BCUT2D eigenvalue weighted by molar-refractivity contribution is 5.79. The third-order valence-electron chi connectivity index (χ3n) is 5.41. The summed E-state index contributed by atoms with van der Waals surface area (Å²) in [6, 6.07) is 0. The Labute approximate surface area is 155 Å². The Kier molecular flexibility index (Phi) is 11.0. The van der Waals surface area contributed by atoms with Crippen LogP contribution in [0.3, 0.4) is 0 Å². The highest BCUT2D eigenvalue weighted by Crippen LogP contribution is 2.20. The quantitative estimate of drug-likeness (QED) is 0.360. The third-order valence-corrected chi connectivity index (χ3v) is 5.41. The summed E-state index contributed by atoms with van der Waals surface area (Å²) in [6.45, 7) is 6.56. The molecule has 0 aromatic rings. The van der Waals surface area contributed by atoms with Crippen LogP contribution < -0.4 is 10.6 Å². The molecule has 1 aliphatic carbocycles. The highest BCUT2D eigenvalue weighted by Gasteiger charge is 2.13. The summed E-state index contributed by atoms with van der Waals surface area (Å²) in [4.78, 5) is 6.87. The van der Waals surface area contributed by atoms with E-state index in [0.717, 1.165) is 32.2 Å². The molecule has 0 bridgehead atoms. The molecule has 1 saturated carbocycles. The van der Waals surface area contributed by atoms with Crippen LogP contribution in [0.5, 0.6) is 0 Å². The van der Waals surface area contributed by atoms with Gasteiger partial charge < -0.3 is 20.3 Å². The molecule has 146 valence electrons. The topological polar surface area (TPSA) is 48.9 Å². The smallest absolute Gasteiger partial charge is 0.191 e. The Bertz CT molecular complexity index is 350. The Morgan fingerprint density at radius 2 is 1.64 bits per heavy atom. The SMILES string of the molecule is CN=C(NCCCCCOC1CCCCC1)NCCN1CCCCC1. The van der Waals surface area contributed by atoms with Gasteiger partial charge in [-0.25, -0.2) is 0 Å². The van der Waals surface area contributed by atoms with E-state index in [1.165, 1.54) is 83.7 Å². The Morgan fingerprint density at radius 3 is 2.40 bits per heavy atom. The minimum absolute atomic E-state index is 0.551. The molecule has 1 heterocycles. The molecule has 25 heavy (non-hydrogen) atoms. The zero-order chi connectivity index (χ0) is 17.6. The molecule has 2 rings (SSSR count). The molecule has 1 aliphatic heterocycles. The van der Waals surface area contributed by atoms with Gasteiger partial charge >= 0.3 is 0 Å². The van der Waals surface area contributed by atoms with Gasteiger partial charge in [0.2, 0.25) is 0 Å². The van der Waals surface area contributed by atoms with Crippen LogP contribution in [0.25, 0.3) is 0 Å². The van der Waals surface area contributed by atoms with Crippen LogP contribution in [0, 0.1) is 0 Å². The van der Waals surface area contributed by atoms with E-state index in [1.54, 1.807) is 0 Å². The van der Waals surface area contributed by atoms with Crippen LogP contribution in [0.4, 0.5) is 0 Å². The Balaban J connectivity index is 1.40. The lowest BCUT2D eigenvalue weighted by atomic mass is 9.98. The average molecular weight is 353 g/mol. The predicted molar refractivity (Wildman–Crippen MR) is 106 cm³/mol. The second-order valence-corrected chi connectivity index (χ2v) is 7.52. The molecule has 2 N–H and O–H groups in total. The van der Waals surface area contributed by atoms with Crippen LogP contribution in [-0.2, 0) is 4.74 Å². The second-order valence-electron chi connectivity index (χ2n) is 7.52. The monoisotopic (exact) mass is 352 g/mol. The fourth-order valence-electron chi connectivity index (χ4n) is 3.83.